The molecule has 0 radical (unpaired) electrons. The van der Waals surface area contributed by atoms with E-state index in [9.17, 15) is 9.90 Å². The van der Waals surface area contributed by atoms with Gasteiger partial charge in [0.25, 0.3) is 0 Å². The fourth-order valence-electron chi connectivity index (χ4n) is 2.53. The van der Waals surface area contributed by atoms with Gasteiger partial charge >= 0.3 is 5.97 Å². The molecule has 0 unspecified atom stereocenters. The highest BCUT2D eigenvalue weighted by Gasteiger charge is 2.19. The van der Waals surface area contributed by atoms with Gasteiger partial charge in [0.15, 0.2) is 23.0 Å². The number of carbonyl (C=O) groups excluding carboxylic acids is 1. The molecule has 7 nitrogen and oxygen atoms in total. The number of carbonyl (C=O) groups is 1. The molecule has 0 aromatic heterocycles. The van der Waals surface area contributed by atoms with Crippen molar-refractivity contribution in [1.29, 1.82) is 0 Å². The van der Waals surface area contributed by atoms with E-state index in [1.807, 2.05) is 0 Å². The van der Waals surface area contributed by atoms with E-state index < -0.39 is 5.97 Å². The molecule has 7 heteroatoms. The summed E-state index contributed by atoms with van der Waals surface area (Å²) in [4.78, 5) is 12.4. The van der Waals surface area contributed by atoms with Crippen LogP contribution in [0.25, 0.3) is 11.6 Å². The Morgan fingerprint density at radius 1 is 0.815 bits per heavy atom. The first-order valence-corrected chi connectivity index (χ1v) is 7.96. The molecule has 0 saturated heterocycles. The Kier molecular flexibility index (Phi) is 6.54. The van der Waals surface area contributed by atoms with Gasteiger partial charge in [-0.05, 0) is 41.5 Å². The Labute approximate surface area is 157 Å². The van der Waals surface area contributed by atoms with Crippen LogP contribution in [0.1, 0.15) is 11.1 Å². The van der Waals surface area contributed by atoms with Gasteiger partial charge in [0, 0.05) is 0 Å². The van der Waals surface area contributed by atoms with Crippen LogP contribution in [-0.4, -0.2) is 46.6 Å². The number of hydrogen-bond donors (Lipinski definition) is 1. The van der Waals surface area contributed by atoms with E-state index in [1.165, 1.54) is 40.6 Å². The van der Waals surface area contributed by atoms with E-state index in [0.717, 1.165) is 0 Å². The number of esters is 1. The normalized spacial score (nSPS) is 10.9. The molecule has 0 amide bonds. The fraction of sp³-hybridized carbons (Fsp3) is 0.250. The van der Waals surface area contributed by atoms with Crippen LogP contribution in [0.5, 0.6) is 28.7 Å². The summed E-state index contributed by atoms with van der Waals surface area (Å²) in [6.07, 6.45) is 1.64. The topological polar surface area (TPSA) is 83.5 Å². The highest BCUT2D eigenvalue weighted by Crippen LogP contribution is 2.39. The van der Waals surface area contributed by atoms with Gasteiger partial charge in [0.2, 0.25) is 5.75 Å². The van der Waals surface area contributed by atoms with Crippen molar-refractivity contribution >= 4 is 17.6 Å². The van der Waals surface area contributed by atoms with Crippen LogP contribution in [0.15, 0.2) is 30.3 Å². The summed E-state index contributed by atoms with van der Waals surface area (Å²) in [5, 5.41) is 10.1. The molecule has 1 N–H and O–H groups in total. The van der Waals surface area contributed by atoms with Crippen LogP contribution >= 0.6 is 0 Å². The lowest BCUT2D eigenvalue weighted by Gasteiger charge is -2.13. The van der Waals surface area contributed by atoms with Crippen molar-refractivity contribution in [3.8, 4) is 28.7 Å². The summed E-state index contributed by atoms with van der Waals surface area (Å²) in [5.41, 5.74) is 1.41. The summed E-state index contributed by atoms with van der Waals surface area (Å²) in [6, 6.07) is 8.30. The average molecular weight is 374 g/mol. The van der Waals surface area contributed by atoms with Gasteiger partial charge in [-0.1, -0.05) is 6.07 Å². The zero-order valence-electron chi connectivity index (χ0n) is 15.9. The zero-order chi connectivity index (χ0) is 20.0. The molecule has 2 rings (SSSR count). The highest BCUT2D eigenvalue weighted by molar-refractivity contribution is 6.21. The largest absolute Gasteiger partial charge is 0.502 e. The quantitative estimate of drug-likeness (QED) is 0.453. The Morgan fingerprint density at radius 3 is 1.85 bits per heavy atom. The van der Waals surface area contributed by atoms with E-state index in [-0.39, 0.29) is 22.8 Å². The molecule has 0 atom stereocenters. The van der Waals surface area contributed by atoms with Crippen LogP contribution < -0.4 is 18.9 Å². The minimum absolute atomic E-state index is 0.154. The third kappa shape index (κ3) is 4.25. The number of phenolic OH excluding ortho intramolecular Hbond substituents is 1. The average Bonchev–Trinajstić information content (AvgIpc) is 2.71. The predicted molar refractivity (Wildman–Crippen MR) is 101 cm³/mol. The number of phenols is 1. The van der Waals surface area contributed by atoms with Gasteiger partial charge in [-0.2, -0.15) is 0 Å². The standard InChI is InChI=1S/C20H22O7/c1-23-15-7-6-12(9-16(15)24-2)8-14(20(22)27-5)13-10-17(25-3)19(21)18(11-13)26-4/h6-11,21H,1-5H3/b14-8+. The van der Waals surface area contributed by atoms with Crippen LogP contribution in [0, 0.1) is 0 Å². The maximum Gasteiger partial charge on any atom is 0.338 e. The van der Waals surface area contributed by atoms with Gasteiger partial charge < -0.3 is 28.8 Å². The van der Waals surface area contributed by atoms with Crippen LogP contribution in [0.4, 0.5) is 0 Å². The number of methoxy groups -OCH3 is 5. The molecule has 0 aliphatic heterocycles. The molecule has 0 aliphatic carbocycles. The number of rotatable bonds is 7. The number of hydrogen-bond acceptors (Lipinski definition) is 7. The maximum absolute atomic E-state index is 12.4. The summed E-state index contributed by atoms with van der Waals surface area (Å²) in [7, 11) is 7.19. The minimum Gasteiger partial charge on any atom is -0.502 e. The molecule has 0 aliphatic rings. The minimum atomic E-state index is -0.556. The molecular formula is C20H22O7. The lowest BCUT2D eigenvalue weighted by atomic mass is 10.0. The van der Waals surface area contributed by atoms with Crippen molar-refractivity contribution in [3.05, 3.63) is 41.5 Å². The first kappa shape index (κ1) is 20.0. The van der Waals surface area contributed by atoms with E-state index in [4.69, 9.17) is 23.7 Å². The summed E-state index contributed by atoms with van der Waals surface area (Å²) >= 11 is 0. The van der Waals surface area contributed by atoms with Crippen molar-refractivity contribution in [2.75, 3.05) is 35.5 Å². The molecule has 0 saturated carbocycles. The molecule has 2 aromatic rings. The second-order valence-electron chi connectivity index (χ2n) is 5.39. The molecule has 0 heterocycles. The van der Waals surface area contributed by atoms with Crippen LogP contribution in [-0.2, 0) is 9.53 Å². The molecule has 2 aromatic carbocycles. The summed E-state index contributed by atoms with van der Waals surface area (Å²) in [6.45, 7) is 0. The third-order valence-electron chi connectivity index (χ3n) is 3.91. The van der Waals surface area contributed by atoms with Crippen LogP contribution in [0.2, 0.25) is 0 Å². The first-order chi connectivity index (χ1) is 13.0. The number of aromatic hydroxyl groups is 1. The number of ether oxygens (including phenoxy) is 5. The van der Waals surface area contributed by atoms with E-state index in [1.54, 1.807) is 31.4 Å². The Hall–Kier alpha value is -3.35. The Morgan fingerprint density at radius 2 is 1.37 bits per heavy atom. The molecule has 144 valence electrons. The molecule has 0 spiro atoms. The van der Waals surface area contributed by atoms with Crippen LogP contribution in [0.3, 0.4) is 0 Å². The summed E-state index contributed by atoms with van der Waals surface area (Å²) in [5.74, 6) is 0.732. The van der Waals surface area contributed by atoms with E-state index in [0.29, 0.717) is 22.6 Å². The molecular weight excluding hydrogens is 352 g/mol. The lowest BCUT2D eigenvalue weighted by Crippen LogP contribution is -2.05. The van der Waals surface area contributed by atoms with Gasteiger partial charge in [-0.25, -0.2) is 4.79 Å². The lowest BCUT2D eigenvalue weighted by molar-refractivity contribution is -0.133. The van der Waals surface area contributed by atoms with E-state index in [2.05, 4.69) is 0 Å². The first-order valence-electron chi connectivity index (χ1n) is 7.96. The van der Waals surface area contributed by atoms with E-state index >= 15 is 0 Å². The van der Waals surface area contributed by atoms with Crippen molar-refractivity contribution in [2.24, 2.45) is 0 Å². The molecule has 0 bridgehead atoms. The second kappa shape index (κ2) is 8.84. The predicted octanol–water partition coefficient (Wildman–Crippen LogP) is 3.14. The Bertz CT molecular complexity index is 830. The summed E-state index contributed by atoms with van der Waals surface area (Å²) < 4.78 is 25.8. The van der Waals surface area contributed by atoms with Gasteiger partial charge in [0.05, 0.1) is 41.1 Å². The van der Waals surface area contributed by atoms with Crippen molar-refractivity contribution in [1.82, 2.24) is 0 Å². The Balaban J connectivity index is 2.63. The SMILES string of the molecule is COC(=O)/C(=C/c1ccc(OC)c(OC)c1)c1cc(OC)c(O)c(OC)c1. The van der Waals surface area contributed by atoms with Crippen molar-refractivity contribution in [3.63, 3.8) is 0 Å². The second-order valence-corrected chi connectivity index (χ2v) is 5.39. The maximum atomic E-state index is 12.4. The smallest absolute Gasteiger partial charge is 0.338 e. The zero-order valence-corrected chi connectivity index (χ0v) is 15.9. The van der Waals surface area contributed by atoms with Crippen molar-refractivity contribution in [2.45, 2.75) is 0 Å². The molecule has 27 heavy (non-hydrogen) atoms. The van der Waals surface area contributed by atoms with Gasteiger partial charge in [-0.3, -0.25) is 0 Å². The van der Waals surface area contributed by atoms with Crippen molar-refractivity contribution < 1.29 is 33.6 Å². The van der Waals surface area contributed by atoms with Gasteiger partial charge in [0.1, 0.15) is 0 Å². The number of benzene rings is 2. The molecule has 0 fully saturated rings. The highest BCUT2D eigenvalue weighted by atomic mass is 16.5. The fourth-order valence-corrected chi connectivity index (χ4v) is 2.53. The monoisotopic (exact) mass is 374 g/mol. The van der Waals surface area contributed by atoms with Gasteiger partial charge in [-0.15, -0.1) is 0 Å². The third-order valence-corrected chi connectivity index (χ3v) is 3.91.